The maximum absolute atomic E-state index is 12.1. The topological polar surface area (TPSA) is 70.8 Å². The van der Waals surface area contributed by atoms with Gasteiger partial charge in [-0.1, -0.05) is 26.2 Å². The number of unbranched alkanes of at least 4 members (excludes halogenated alkanes) is 3. The Bertz CT molecular complexity index is 386. The molecular weight excluding hydrogens is 246 g/mol. The first-order valence-electron chi connectivity index (χ1n) is 6.69. The van der Waals surface area contributed by atoms with Crippen molar-refractivity contribution < 1.29 is 19.1 Å². The van der Waals surface area contributed by atoms with E-state index in [4.69, 9.17) is 9.52 Å². The van der Waals surface area contributed by atoms with Crippen molar-refractivity contribution in [2.24, 2.45) is 0 Å². The first-order chi connectivity index (χ1) is 9.15. The standard InChI is InChI=1S/C14H21NO4/c1-2-3-4-5-9-15(10-8-13(16)17)14(18)12-7-6-11-19-12/h6-7,11H,2-5,8-10H2,1H3,(H,16,17). The van der Waals surface area contributed by atoms with Crippen molar-refractivity contribution in [3.05, 3.63) is 24.2 Å². The van der Waals surface area contributed by atoms with E-state index in [2.05, 4.69) is 6.92 Å². The molecule has 5 heteroatoms. The van der Waals surface area contributed by atoms with Crippen molar-refractivity contribution in [3.8, 4) is 0 Å². The van der Waals surface area contributed by atoms with Gasteiger partial charge in [-0.05, 0) is 18.6 Å². The van der Waals surface area contributed by atoms with E-state index >= 15 is 0 Å². The van der Waals surface area contributed by atoms with Crippen LogP contribution < -0.4 is 0 Å². The molecule has 19 heavy (non-hydrogen) atoms. The molecule has 1 rings (SSSR count). The van der Waals surface area contributed by atoms with Crippen LogP contribution in [0.1, 0.15) is 49.6 Å². The summed E-state index contributed by atoms with van der Waals surface area (Å²) in [6, 6.07) is 3.25. The summed E-state index contributed by atoms with van der Waals surface area (Å²) in [5.41, 5.74) is 0. The lowest BCUT2D eigenvalue weighted by atomic mass is 10.2. The van der Waals surface area contributed by atoms with Crippen LogP contribution in [0.2, 0.25) is 0 Å². The highest BCUT2D eigenvalue weighted by molar-refractivity contribution is 5.91. The Hall–Kier alpha value is -1.78. The molecule has 106 valence electrons. The van der Waals surface area contributed by atoms with E-state index < -0.39 is 5.97 Å². The second kappa shape index (κ2) is 8.34. The van der Waals surface area contributed by atoms with E-state index in [0.717, 1.165) is 25.7 Å². The van der Waals surface area contributed by atoms with Crippen LogP contribution in [0.5, 0.6) is 0 Å². The molecule has 0 unspecified atom stereocenters. The molecule has 1 aromatic heterocycles. The Morgan fingerprint density at radius 2 is 2.05 bits per heavy atom. The minimum absolute atomic E-state index is 0.0414. The number of hydrogen-bond donors (Lipinski definition) is 1. The molecule has 0 saturated heterocycles. The van der Waals surface area contributed by atoms with E-state index in [1.165, 1.54) is 6.26 Å². The number of rotatable bonds is 9. The molecule has 0 aromatic carbocycles. The first-order valence-corrected chi connectivity index (χ1v) is 6.69. The molecular formula is C14H21NO4. The fraction of sp³-hybridized carbons (Fsp3) is 0.571. The van der Waals surface area contributed by atoms with Gasteiger partial charge in [0.05, 0.1) is 12.7 Å². The second-order valence-electron chi connectivity index (χ2n) is 4.47. The van der Waals surface area contributed by atoms with Gasteiger partial charge in [0.2, 0.25) is 0 Å². The van der Waals surface area contributed by atoms with Gasteiger partial charge in [-0.3, -0.25) is 9.59 Å². The van der Waals surface area contributed by atoms with Crippen LogP contribution in [0.25, 0.3) is 0 Å². The second-order valence-corrected chi connectivity index (χ2v) is 4.47. The van der Waals surface area contributed by atoms with Crippen molar-refractivity contribution in [2.75, 3.05) is 13.1 Å². The van der Waals surface area contributed by atoms with Crippen molar-refractivity contribution in [1.82, 2.24) is 4.90 Å². The van der Waals surface area contributed by atoms with E-state index in [9.17, 15) is 9.59 Å². The normalized spacial score (nSPS) is 10.4. The van der Waals surface area contributed by atoms with Crippen LogP contribution in [-0.4, -0.2) is 35.0 Å². The molecule has 0 spiro atoms. The van der Waals surface area contributed by atoms with Crippen LogP contribution >= 0.6 is 0 Å². The van der Waals surface area contributed by atoms with Crippen LogP contribution in [0, 0.1) is 0 Å². The highest BCUT2D eigenvalue weighted by Gasteiger charge is 2.18. The van der Waals surface area contributed by atoms with Crippen LogP contribution in [-0.2, 0) is 4.79 Å². The number of amides is 1. The predicted molar refractivity (Wildman–Crippen MR) is 71.0 cm³/mol. The Morgan fingerprint density at radius 3 is 2.63 bits per heavy atom. The number of carbonyl (C=O) groups is 2. The van der Waals surface area contributed by atoms with Crippen molar-refractivity contribution in [3.63, 3.8) is 0 Å². The Labute approximate surface area is 113 Å². The summed E-state index contributed by atoms with van der Waals surface area (Å²) in [5, 5.41) is 8.72. The predicted octanol–water partition coefficient (Wildman–Crippen LogP) is 2.78. The largest absolute Gasteiger partial charge is 0.481 e. The van der Waals surface area contributed by atoms with Crippen molar-refractivity contribution >= 4 is 11.9 Å². The summed E-state index contributed by atoms with van der Waals surface area (Å²) in [5.74, 6) is -0.866. The third kappa shape index (κ3) is 5.59. The molecule has 0 radical (unpaired) electrons. The number of aliphatic carboxylic acids is 1. The average Bonchev–Trinajstić information content (AvgIpc) is 2.90. The molecule has 0 aliphatic carbocycles. The fourth-order valence-corrected chi connectivity index (χ4v) is 1.83. The summed E-state index contributed by atoms with van der Waals surface area (Å²) in [6.07, 6.45) is 5.59. The van der Waals surface area contributed by atoms with Gasteiger partial charge in [0, 0.05) is 13.1 Å². The quantitative estimate of drug-likeness (QED) is 0.698. The molecule has 0 saturated carbocycles. The number of nitrogens with zero attached hydrogens (tertiary/aromatic N) is 1. The summed E-state index contributed by atoms with van der Waals surface area (Å²) in [6.45, 7) is 2.92. The number of carbonyl (C=O) groups excluding carboxylic acids is 1. The van der Waals surface area contributed by atoms with Gasteiger partial charge in [-0.25, -0.2) is 0 Å². The summed E-state index contributed by atoms with van der Waals surface area (Å²) in [4.78, 5) is 24.3. The number of furan rings is 1. The third-order valence-corrected chi connectivity index (χ3v) is 2.90. The summed E-state index contributed by atoms with van der Waals surface area (Å²) < 4.78 is 5.07. The van der Waals surface area contributed by atoms with Crippen molar-refractivity contribution in [2.45, 2.75) is 39.0 Å². The zero-order valence-corrected chi connectivity index (χ0v) is 11.3. The minimum atomic E-state index is -0.897. The van der Waals surface area contributed by atoms with Crippen LogP contribution in [0.4, 0.5) is 0 Å². The minimum Gasteiger partial charge on any atom is -0.481 e. The average molecular weight is 267 g/mol. The number of carboxylic acid groups (broad SMARTS) is 1. The lowest BCUT2D eigenvalue weighted by molar-refractivity contribution is -0.137. The first kappa shape index (κ1) is 15.3. The Kier molecular flexibility index (Phi) is 6.71. The van der Waals surface area contributed by atoms with Gasteiger partial charge in [0.15, 0.2) is 5.76 Å². The van der Waals surface area contributed by atoms with Crippen LogP contribution in [0.3, 0.4) is 0 Å². The molecule has 0 aliphatic heterocycles. The summed E-state index contributed by atoms with van der Waals surface area (Å²) in [7, 11) is 0. The van der Waals surface area contributed by atoms with Gasteiger partial charge in [0.1, 0.15) is 0 Å². The Balaban J connectivity index is 2.52. The maximum Gasteiger partial charge on any atom is 0.305 e. The van der Waals surface area contributed by atoms with E-state index in [1.54, 1.807) is 17.0 Å². The van der Waals surface area contributed by atoms with Gasteiger partial charge < -0.3 is 14.4 Å². The molecule has 0 aliphatic rings. The zero-order valence-electron chi connectivity index (χ0n) is 11.3. The van der Waals surface area contributed by atoms with E-state index in [1.807, 2.05) is 0 Å². The number of hydrogen-bond acceptors (Lipinski definition) is 3. The lowest BCUT2D eigenvalue weighted by Crippen LogP contribution is -2.33. The monoisotopic (exact) mass is 267 g/mol. The van der Waals surface area contributed by atoms with Crippen molar-refractivity contribution in [1.29, 1.82) is 0 Å². The van der Waals surface area contributed by atoms with Crippen LogP contribution in [0.15, 0.2) is 22.8 Å². The maximum atomic E-state index is 12.1. The molecule has 1 aromatic rings. The highest BCUT2D eigenvalue weighted by atomic mass is 16.4. The molecule has 1 N–H and O–H groups in total. The fourth-order valence-electron chi connectivity index (χ4n) is 1.83. The molecule has 0 fully saturated rings. The third-order valence-electron chi connectivity index (χ3n) is 2.90. The smallest absolute Gasteiger partial charge is 0.305 e. The van der Waals surface area contributed by atoms with E-state index in [-0.39, 0.29) is 24.6 Å². The highest BCUT2D eigenvalue weighted by Crippen LogP contribution is 2.09. The van der Waals surface area contributed by atoms with Gasteiger partial charge in [0.25, 0.3) is 5.91 Å². The van der Waals surface area contributed by atoms with E-state index in [0.29, 0.717) is 6.54 Å². The van der Waals surface area contributed by atoms with Gasteiger partial charge in [-0.15, -0.1) is 0 Å². The molecule has 1 amide bonds. The lowest BCUT2D eigenvalue weighted by Gasteiger charge is -2.20. The van der Waals surface area contributed by atoms with Gasteiger partial charge >= 0.3 is 5.97 Å². The zero-order chi connectivity index (χ0) is 14.1. The number of carboxylic acids is 1. The molecule has 1 heterocycles. The molecule has 0 atom stereocenters. The molecule has 0 bridgehead atoms. The summed E-state index contributed by atoms with van der Waals surface area (Å²) >= 11 is 0. The Morgan fingerprint density at radius 1 is 1.26 bits per heavy atom. The SMILES string of the molecule is CCCCCCN(CCC(=O)O)C(=O)c1ccco1. The van der Waals surface area contributed by atoms with Gasteiger partial charge in [-0.2, -0.15) is 0 Å². The molecule has 5 nitrogen and oxygen atoms in total.